The number of rotatable bonds is 4. The van der Waals surface area contributed by atoms with Crippen molar-refractivity contribution >= 4 is 34.5 Å². The van der Waals surface area contributed by atoms with E-state index in [-0.39, 0.29) is 11.9 Å². The molecule has 19 heavy (non-hydrogen) atoms. The van der Waals surface area contributed by atoms with Gasteiger partial charge in [0.05, 0.1) is 10.6 Å². The number of halogens is 1. The highest BCUT2D eigenvalue weighted by Crippen LogP contribution is 2.22. The Balaban J connectivity index is 2.04. The number of amides is 1. The van der Waals surface area contributed by atoms with Crippen LogP contribution in [-0.2, 0) is 6.42 Å². The number of nitrogens with two attached hydrogens (primary N) is 1. The third-order valence-electron chi connectivity index (χ3n) is 2.77. The van der Waals surface area contributed by atoms with Crippen LogP contribution in [0.4, 0.5) is 5.69 Å². The first kappa shape index (κ1) is 13.9. The van der Waals surface area contributed by atoms with Crippen molar-refractivity contribution in [2.24, 2.45) is 0 Å². The molecule has 0 spiro atoms. The summed E-state index contributed by atoms with van der Waals surface area (Å²) in [7, 11) is 0. The van der Waals surface area contributed by atoms with E-state index in [1.54, 1.807) is 29.5 Å². The first-order chi connectivity index (χ1) is 9.08. The topological polar surface area (TPSA) is 55.1 Å². The van der Waals surface area contributed by atoms with E-state index in [1.165, 1.54) is 5.56 Å². The van der Waals surface area contributed by atoms with Crippen molar-refractivity contribution in [3.63, 3.8) is 0 Å². The minimum Gasteiger partial charge on any atom is -0.398 e. The number of hydrogen-bond donors (Lipinski definition) is 2. The fourth-order valence-corrected chi connectivity index (χ4v) is 2.84. The summed E-state index contributed by atoms with van der Waals surface area (Å²) < 4.78 is 0. The summed E-state index contributed by atoms with van der Waals surface area (Å²) in [6.45, 7) is 1.96. The van der Waals surface area contributed by atoms with Gasteiger partial charge in [0.15, 0.2) is 0 Å². The van der Waals surface area contributed by atoms with Gasteiger partial charge in [-0.25, -0.2) is 0 Å². The van der Waals surface area contributed by atoms with Crippen LogP contribution in [0.15, 0.2) is 35.0 Å². The second kappa shape index (κ2) is 6.08. The molecule has 3 nitrogen and oxygen atoms in total. The van der Waals surface area contributed by atoms with Crippen LogP contribution >= 0.6 is 22.9 Å². The van der Waals surface area contributed by atoms with Crippen LogP contribution in [0.3, 0.4) is 0 Å². The quantitative estimate of drug-likeness (QED) is 0.850. The Morgan fingerprint density at radius 3 is 2.89 bits per heavy atom. The van der Waals surface area contributed by atoms with Gasteiger partial charge >= 0.3 is 0 Å². The molecule has 0 aliphatic heterocycles. The van der Waals surface area contributed by atoms with Crippen molar-refractivity contribution in [1.29, 1.82) is 0 Å². The maximum absolute atomic E-state index is 12.2. The van der Waals surface area contributed by atoms with Gasteiger partial charge in [-0.2, -0.15) is 11.3 Å². The summed E-state index contributed by atoms with van der Waals surface area (Å²) in [4.78, 5) is 12.2. The Hall–Kier alpha value is -1.52. The summed E-state index contributed by atoms with van der Waals surface area (Å²) >= 11 is 7.66. The van der Waals surface area contributed by atoms with Crippen LogP contribution in [0, 0.1) is 0 Å². The third kappa shape index (κ3) is 3.49. The highest BCUT2D eigenvalue weighted by Gasteiger charge is 2.16. The van der Waals surface area contributed by atoms with E-state index in [0.29, 0.717) is 16.3 Å². The second-order valence-corrected chi connectivity index (χ2v) is 5.60. The summed E-state index contributed by atoms with van der Waals surface area (Å²) in [5.41, 5.74) is 7.75. The largest absolute Gasteiger partial charge is 0.398 e. The summed E-state index contributed by atoms with van der Waals surface area (Å²) in [6, 6.07) is 7.14. The van der Waals surface area contributed by atoms with Crippen molar-refractivity contribution in [1.82, 2.24) is 5.32 Å². The van der Waals surface area contributed by atoms with E-state index in [1.807, 2.05) is 12.3 Å². The van der Waals surface area contributed by atoms with E-state index in [2.05, 4.69) is 16.8 Å². The standard InChI is InChI=1S/C14H15ClN2OS/c1-9(7-10-5-6-19-8-10)17-14(18)13-11(15)3-2-4-12(13)16/h2-6,8-9H,7,16H2,1H3,(H,17,18). The zero-order valence-corrected chi connectivity index (χ0v) is 12.1. The molecule has 0 saturated carbocycles. The molecule has 3 N–H and O–H groups in total. The van der Waals surface area contributed by atoms with Gasteiger partial charge in [0.1, 0.15) is 0 Å². The Morgan fingerprint density at radius 1 is 1.47 bits per heavy atom. The highest BCUT2D eigenvalue weighted by molar-refractivity contribution is 7.07. The van der Waals surface area contributed by atoms with Crippen LogP contribution in [0.2, 0.25) is 5.02 Å². The van der Waals surface area contributed by atoms with Crippen molar-refractivity contribution < 1.29 is 4.79 Å². The molecule has 1 amide bonds. The van der Waals surface area contributed by atoms with Crippen molar-refractivity contribution in [2.75, 3.05) is 5.73 Å². The molecular weight excluding hydrogens is 280 g/mol. The fraction of sp³-hybridized carbons (Fsp3) is 0.214. The number of nitrogen functional groups attached to an aromatic ring is 1. The number of carbonyl (C=O) groups excluding carboxylic acids is 1. The van der Waals surface area contributed by atoms with Gasteiger partial charge in [-0.05, 0) is 47.9 Å². The lowest BCUT2D eigenvalue weighted by Gasteiger charge is -2.15. The van der Waals surface area contributed by atoms with E-state index in [0.717, 1.165) is 6.42 Å². The Kier molecular flexibility index (Phi) is 4.45. The van der Waals surface area contributed by atoms with Crippen molar-refractivity contribution in [3.8, 4) is 0 Å². The molecule has 0 bridgehead atoms. The lowest BCUT2D eigenvalue weighted by atomic mass is 10.1. The molecule has 100 valence electrons. The maximum Gasteiger partial charge on any atom is 0.255 e. The molecule has 1 aromatic heterocycles. The van der Waals surface area contributed by atoms with Gasteiger partial charge in [0.25, 0.3) is 5.91 Å². The predicted octanol–water partition coefficient (Wildman–Crippen LogP) is 3.34. The molecular formula is C14H15ClN2OS. The fourth-order valence-electron chi connectivity index (χ4n) is 1.89. The van der Waals surface area contributed by atoms with E-state index in [9.17, 15) is 4.79 Å². The van der Waals surface area contributed by atoms with Crippen LogP contribution in [-0.4, -0.2) is 11.9 Å². The van der Waals surface area contributed by atoms with Gasteiger partial charge < -0.3 is 11.1 Å². The van der Waals surface area contributed by atoms with E-state index >= 15 is 0 Å². The number of hydrogen-bond acceptors (Lipinski definition) is 3. The molecule has 1 atom stereocenters. The summed E-state index contributed by atoms with van der Waals surface area (Å²) in [5, 5.41) is 7.39. The van der Waals surface area contributed by atoms with Gasteiger partial charge in [-0.3, -0.25) is 4.79 Å². The Morgan fingerprint density at radius 2 is 2.26 bits per heavy atom. The average Bonchev–Trinajstić information content (AvgIpc) is 2.81. The zero-order valence-electron chi connectivity index (χ0n) is 10.5. The molecule has 0 fully saturated rings. The van der Waals surface area contributed by atoms with Crippen LogP contribution in [0.5, 0.6) is 0 Å². The van der Waals surface area contributed by atoms with Crippen LogP contribution in [0.1, 0.15) is 22.8 Å². The second-order valence-electron chi connectivity index (χ2n) is 4.41. The van der Waals surface area contributed by atoms with Gasteiger partial charge in [-0.1, -0.05) is 17.7 Å². The molecule has 0 aliphatic carbocycles. The Bertz CT molecular complexity index is 549. The van der Waals surface area contributed by atoms with Crippen LogP contribution < -0.4 is 11.1 Å². The Labute approximate surface area is 121 Å². The molecule has 2 rings (SSSR count). The monoisotopic (exact) mass is 294 g/mol. The molecule has 5 heteroatoms. The molecule has 0 radical (unpaired) electrons. The van der Waals surface area contributed by atoms with E-state index < -0.39 is 0 Å². The lowest BCUT2D eigenvalue weighted by Crippen LogP contribution is -2.34. The molecule has 0 saturated heterocycles. The first-order valence-corrected chi connectivity index (χ1v) is 7.26. The number of carbonyl (C=O) groups is 1. The summed E-state index contributed by atoms with van der Waals surface area (Å²) in [5.74, 6) is -0.231. The smallest absolute Gasteiger partial charge is 0.255 e. The van der Waals surface area contributed by atoms with Crippen LogP contribution in [0.25, 0.3) is 0 Å². The highest BCUT2D eigenvalue weighted by atomic mass is 35.5. The number of benzene rings is 1. The minimum absolute atomic E-state index is 0.0257. The average molecular weight is 295 g/mol. The number of nitrogens with one attached hydrogen (secondary N) is 1. The normalized spacial score (nSPS) is 12.1. The number of anilines is 1. The number of thiophene rings is 1. The SMILES string of the molecule is CC(Cc1ccsc1)NC(=O)c1c(N)cccc1Cl. The molecule has 1 heterocycles. The molecule has 0 aliphatic rings. The van der Waals surface area contributed by atoms with Gasteiger partial charge in [0.2, 0.25) is 0 Å². The zero-order chi connectivity index (χ0) is 13.8. The molecule has 2 aromatic rings. The summed E-state index contributed by atoms with van der Waals surface area (Å²) in [6.07, 6.45) is 0.791. The third-order valence-corrected chi connectivity index (χ3v) is 3.82. The minimum atomic E-state index is -0.231. The molecule has 1 aromatic carbocycles. The van der Waals surface area contributed by atoms with Gasteiger partial charge in [0, 0.05) is 11.7 Å². The van der Waals surface area contributed by atoms with E-state index in [4.69, 9.17) is 17.3 Å². The predicted molar refractivity (Wildman–Crippen MR) is 80.8 cm³/mol. The maximum atomic E-state index is 12.2. The van der Waals surface area contributed by atoms with Crippen molar-refractivity contribution in [3.05, 3.63) is 51.2 Å². The lowest BCUT2D eigenvalue weighted by molar-refractivity contribution is 0.0941. The van der Waals surface area contributed by atoms with Crippen molar-refractivity contribution in [2.45, 2.75) is 19.4 Å². The first-order valence-electron chi connectivity index (χ1n) is 5.94. The van der Waals surface area contributed by atoms with Gasteiger partial charge in [-0.15, -0.1) is 0 Å². The molecule has 1 unspecified atom stereocenters.